The Morgan fingerprint density at radius 2 is 1.77 bits per heavy atom. The Bertz CT molecular complexity index is 1960. The molecule has 3 aromatic carbocycles. The monoisotopic (exact) mass is 581 g/mol. The van der Waals surface area contributed by atoms with Crippen LogP contribution < -0.4 is 4.74 Å². The molecule has 0 spiro atoms. The number of hydrogen-bond acceptors (Lipinski definition) is 6. The van der Waals surface area contributed by atoms with Crippen LogP contribution in [0.5, 0.6) is 5.88 Å². The molecule has 0 amide bonds. The van der Waals surface area contributed by atoms with Crippen molar-refractivity contribution in [2.24, 2.45) is 5.92 Å². The highest BCUT2D eigenvalue weighted by molar-refractivity contribution is 5.92. The Balaban J connectivity index is 1.42. The van der Waals surface area contributed by atoms with E-state index in [1.807, 2.05) is 6.07 Å². The van der Waals surface area contributed by atoms with Gasteiger partial charge in [0, 0.05) is 30.2 Å². The third-order valence-corrected chi connectivity index (χ3v) is 6.79. The zero-order valence-electron chi connectivity index (χ0n) is 22.7. The van der Waals surface area contributed by atoms with E-state index < -0.39 is 29.3 Å². The SMILES string of the molecule is CC(C#N)Cn1c(Cc2cc(F)c(-c3cccc(OCc4ccc(C#N)cc4F)n3)cc2F)nc2ccc(C(=O)O)cc21. The summed E-state index contributed by atoms with van der Waals surface area (Å²) in [7, 11) is 0. The van der Waals surface area contributed by atoms with Gasteiger partial charge < -0.3 is 14.4 Å². The number of aromatic carboxylic acids is 1. The minimum absolute atomic E-state index is 0.00423. The predicted molar refractivity (Wildman–Crippen MR) is 149 cm³/mol. The molecule has 0 aliphatic carbocycles. The summed E-state index contributed by atoms with van der Waals surface area (Å²) in [5, 5.41) is 27.7. The number of fused-ring (bicyclic) bond motifs is 1. The highest BCUT2D eigenvalue weighted by Gasteiger charge is 2.19. The summed E-state index contributed by atoms with van der Waals surface area (Å²) in [5.41, 5.74) is 1.31. The van der Waals surface area contributed by atoms with E-state index >= 15 is 8.78 Å². The lowest BCUT2D eigenvalue weighted by Crippen LogP contribution is -2.11. The van der Waals surface area contributed by atoms with Crippen molar-refractivity contribution in [1.82, 2.24) is 14.5 Å². The van der Waals surface area contributed by atoms with Crippen molar-refractivity contribution in [1.29, 1.82) is 10.5 Å². The average molecular weight is 582 g/mol. The summed E-state index contributed by atoms with van der Waals surface area (Å²) in [6.07, 6.45) is -0.120. The number of benzene rings is 3. The topological polar surface area (TPSA) is 125 Å². The number of rotatable bonds is 9. The van der Waals surface area contributed by atoms with Gasteiger partial charge in [-0.05, 0) is 61.0 Å². The summed E-state index contributed by atoms with van der Waals surface area (Å²) in [5.74, 6) is -3.26. The van der Waals surface area contributed by atoms with Gasteiger partial charge in [0.15, 0.2) is 0 Å². The van der Waals surface area contributed by atoms with Crippen molar-refractivity contribution in [2.45, 2.75) is 26.5 Å². The zero-order chi connectivity index (χ0) is 30.7. The molecule has 0 bridgehead atoms. The Morgan fingerprint density at radius 1 is 0.977 bits per heavy atom. The molecule has 214 valence electrons. The number of ether oxygens (including phenoxy) is 1. The number of nitriles is 2. The quantitative estimate of drug-likeness (QED) is 0.213. The zero-order valence-corrected chi connectivity index (χ0v) is 22.7. The Kier molecular flexibility index (Phi) is 8.08. The first-order valence-corrected chi connectivity index (χ1v) is 13.1. The molecule has 5 rings (SSSR count). The van der Waals surface area contributed by atoms with E-state index in [-0.39, 0.29) is 59.0 Å². The number of carboxylic acid groups (broad SMARTS) is 1. The van der Waals surface area contributed by atoms with Crippen LogP contribution in [0.2, 0.25) is 0 Å². The van der Waals surface area contributed by atoms with Crippen molar-refractivity contribution < 1.29 is 27.8 Å². The van der Waals surface area contributed by atoms with E-state index in [0.717, 1.165) is 18.2 Å². The summed E-state index contributed by atoms with van der Waals surface area (Å²) < 4.78 is 52.2. The molecule has 11 heteroatoms. The number of pyridine rings is 1. The molecule has 0 fully saturated rings. The highest BCUT2D eigenvalue weighted by Crippen LogP contribution is 2.28. The maximum Gasteiger partial charge on any atom is 0.335 e. The molecule has 1 unspecified atom stereocenters. The molecule has 0 aliphatic rings. The molecule has 43 heavy (non-hydrogen) atoms. The van der Waals surface area contributed by atoms with Crippen LogP contribution in [-0.4, -0.2) is 25.6 Å². The Labute approximate surface area is 243 Å². The molecule has 5 aromatic rings. The maximum absolute atomic E-state index is 15.4. The standard InChI is InChI=1S/C32H22F3N5O3/c1-18(14-36)16-40-29-11-20(32(41)42)7-8-28(29)38-30(40)12-22-10-26(35)23(13-25(22)34)27-3-2-4-31(39-27)43-17-21-6-5-19(15-37)9-24(21)33/h2-11,13,18H,12,16-17H2,1H3,(H,41,42). The number of nitrogens with zero attached hydrogens (tertiary/aromatic N) is 5. The van der Waals surface area contributed by atoms with Gasteiger partial charge in [0.05, 0.1) is 45.9 Å². The molecule has 1 N–H and O–H groups in total. The van der Waals surface area contributed by atoms with Crippen molar-refractivity contribution in [3.8, 4) is 29.3 Å². The van der Waals surface area contributed by atoms with E-state index in [4.69, 9.17) is 10.00 Å². The van der Waals surface area contributed by atoms with Crippen LogP contribution in [0, 0.1) is 46.0 Å². The normalized spacial score (nSPS) is 11.6. The minimum Gasteiger partial charge on any atom is -0.478 e. The second kappa shape index (κ2) is 12.0. The third kappa shape index (κ3) is 6.16. The van der Waals surface area contributed by atoms with Gasteiger partial charge in [-0.1, -0.05) is 12.1 Å². The van der Waals surface area contributed by atoms with E-state index in [0.29, 0.717) is 16.9 Å². The molecule has 1 atom stereocenters. The predicted octanol–water partition coefficient (Wildman–Crippen LogP) is 6.41. The van der Waals surface area contributed by atoms with E-state index in [9.17, 15) is 19.6 Å². The fraction of sp³-hybridized carbons (Fsp3) is 0.156. The minimum atomic E-state index is -1.13. The van der Waals surface area contributed by atoms with Crippen molar-refractivity contribution in [2.75, 3.05) is 0 Å². The first kappa shape index (κ1) is 28.8. The van der Waals surface area contributed by atoms with Gasteiger partial charge in [-0.3, -0.25) is 0 Å². The fourth-order valence-corrected chi connectivity index (χ4v) is 4.58. The van der Waals surface area contributed by atoms with E-state index in [2.05, 4.69) is 16.0 Å². The average Bonchev–Trinajstić information content (AvgIpc) is 3.33. The van der Waals surface area contributed by atoms with Crippen LogP contribution in [0.1, 0.15) is 39.8 Å². The van der Waals surface area contributed by atoms with Gasteiger partial charge in [0.25, 0.3) is 0 Å². The second-order valence-electron chi connectivity index (χ2n) is 9.85. The van der Waals surface area contributed by atoms with Crippen LogP contribution in [0.15, 0.2) is 66.7 Å². The second-order valence-corrected chi connectivity index (χ2v) is 9.85. The van der Waals surface area contributed by atoms with Gasteiger partial charge in [-0.15, -0.1) is 0 Å². The number of carbonyl (C=O) groups is 1. The molecule has 0 radical (unpaired) electrons. The lowest BCUT2D eigenvalue weighted by molar-refractivity contribution is 0.0697. The van der Waals surface area contributed by atoms with Crippen molar-refractivity contribution in [3.63, 3.8) is 0 Å². The van der Waals surface area contributed by atoms with Crippen LogP contribution in [0.4, 0.5) is 13.2 Å². The van der Waals surface area contributed by atoms with Crippen LogP contribution in [0.3, 0.4) is 0 Å². The van der Waals surface area contributed by atoms with E-state index in [1.165, 1.54) is 42.5 Å². The van der Waals surface area contributed by atoms with Crippen LogP contribution in [0.25, 0.3) is 22.3 Å². The first-order chi connectivity index (χ1) is 20.7. The first-order valence-electron chi connectivity index (χ1n) is 13.1. The van der Waals surface area contributed by atoms with Gasteiger partial charge in [-0.2, -0.15) is 10.5 Å². The number of halogens is 3. The number of hydrogen-bond donors (Lipinski definition) is 1. The number of imidazole rings is 1. The van der Waals surface area contributed by atoms with Gasteiger partial charge in [0.1, 0.15) is 29.9 Å². The molecular weight excluding hydrogens is 559 g/mol. The summed E-state index contributed by atoms with van der Waals surface area (Å²) in [6.45, 7) is 1.68. The van der Waals surface area contributed by atoms with Gasteiger partial charge in [0.2, 0.25) is 5.88 Å². The summed E-state index contributed by atoms with van der Waals surface area (Å²) >= 11 is 0. The molecule has 0 aliphatic heterocycles. The van der Waals surface area contributed by atoms with Crippen LogP contribution >= 0.6 is 0 Å². The molecular formula is C32H22F3N5O3. The molecule has 8 nitrogen and oxygen atoms in total. The van der Waals surface area contributed by atoms with Gasteiger partial charge in [-0.25, -0.2) is 27.9 Å². The third-order valence-electron chi connectivity index (χ3n) is 6.79. The summed E-state index contributed by atoms with van der Waals surface area (Å²) in [6, 6.07) is 18.9. The van der Waals surface area contributed by atoms with Crippen LogP contribution in [-0.2, 0) is 19.6 Å². The molecule has 2 heterocycles. The number of carboxylic acids is 1. The Hall–Kier alpha value is -5.68. The largest absolute Gasteiger partial charge is 0.478 e. The van der Waals surface area contributed by atoms with Gasteiger partial charge >= 0.3 is 5.97 Å². The maximum atomic E-state index is 15.4. The molecule has 2 aromatic heterocycles. The number of aromatic nitrogens is 3. The highest BCUT2D eigenvalue weighted by atomic mass is 19.1. The smallest absolute Gasteiger partial charge is 0.335 e. The summed E-state index contributed by atoms with van der Waals surface area (Å²) in [4.78, 5) is 20.3. The van der Waals surface area contributed by atoms with E-state index in [1.54, 1.807) is 17.6 Å². The van der Waals surface area contributed by atoms with Crippen molar-refractivity contribution in [3.05, 3.63) is 112 Å². The Morgan fingerprint density at radius 3 is 2.49 bits per heavy atom. The lowest BCUT2D eigenvalue weighted by atomic mass is 10.0. The fourth-order valence-electron chi connectivity index (χ4n) is 4.58. The lowest BCUT2D eigenvalue weighted by Gasteiger charge is -2.13. The molecule has 0 saturated heterocycles. The molecule has 0 saturated carbocycles. The van der Waals surface area contributed by atoms with Crippen molar-refractivity contribution >= 4 is 17.0 Å².